The van der Waals surface area contributed by atoms with Crippen LogP contribution in [0.15, 0.2) is 12.1 Å². The van der Waals surface area contributed by atoms with E-state index in [-0.39, 0.29) is 12.3 Å². The van der Waals surface area contributed by atoms with E-state index in [0.717, 1.165) is 0 Å². The minimum Gasteiger partial charge on any atom is -0.481 e. The number of carboxylic acid groups (broad SMARTS) is 1. The van der Waals surface area contributed by atoms with Crippen LogP contribution in [0, 0.1) is 27.7 Å². The Hall–Kier alpha value is -1.13. The summed E-state index contributed by atoms with van der Waals surface area (Å²) in [6.45, 7) is 8.31. The molecular weight excluding hydrogens is 276 g/mol. The molecule has 102 valence electrons. The number of hydrogen-bond donors (Lipinski definition) is 1. The summed E-state index contributed by atoms with van der Waals surface area (Å²) in [7, 11) is 0. The van der Waals surface area contributed by atoms with Crippen LogP contribution >= 0.6 is 22.7 Å². The van der Waals surface area contributed by atoms with Crippen molar-refractivity contribution in [2.45, 2.75) is 40.0 Å². The Labute approximate surface area is 121 Å². The molecule has 0 bridgehead atoms. The van der Waals surface area contributed by atoms with Crippen LogP contribution in [-0.2, 0) is 4.79 Å². The molecule has 0 radical (unpaired) electrons. The topological polar surface area (TPSA) is 37.3 Å². The quantitative estimate of drug-likeness (QED) is 0.891. The van der Waals surface area contributed by atoms with Crippen LogP contribution in [0.3, 0.4) is 0 Å². The lowest BCUT2D eigenvalue weighted by Crippen LogP contribution is -2.08. The molecule has 2 rings (SSSR count). The molecule has 0 spiro atoms. The van der Waals surface area contributed by atoms with Crippen molar-refractivity contribution in [1.82, 2.24) is 0 Å². The molecule has 0 aromatic carbocycles. The largest absolute Gasteiger partial charge is 0.481 e. The molecule has 2 aromatic rings. The highest BCUT2D eigenvalue weighted by Crippen LogP contribution is 2.38. The smallest absolute Gasteiger partial charge is 0.304 e. The molecule has 0 unspecified atom stereocenters. The van der Waals surface area contributed by atoms with Crippen molar-refractivity contribution in [3.8, 4) is 0 Å². The fourth-order valence-electron chi connectivity index (χ4n) is 2.55. The molecule has 19 heavy (non-hydrogen) atoms. The van der Waals surface area contributed by atoms with E-state index in [1.54, 1.807) is 22.7 Å². The Morgan fingerprint density at radius 3 is 1.74 bits per heavy atom. The molecule has 0 atom stereocenters. The molecule has 0 aliphatic heterocycles. The normalized spacial score (nSPS) is 11.2. The minimum absolute atomic E-state index is 0.0209. The van der Waals surface area contributed by atoms with Crippen LogP contribution in [0.1, 0.15) is 43.0 Å². The van der Waals surface area contributed by atoms with Gasteiger partial charge in [0.05, 0.1) is 6.42 Å². The van der Waals surface area contributed by atoms with Crippen LogP contribution in [0.2, 0.25) is 0 Å². The lowest BCUT2D eigenvalue weighted by atomic mass is 9.89. The summed E-state index contributed by atoms with van der Waals surface area (Å²) in [6.07, 6.45) is 0.161. The highest BCUT2D eigenvalue weighted by atomic mass is 32.1. The highest BCUT2D eigenvalue weighted by Gasteiger charge is 2.23. The van der Waals surface area contributed by atoms with Gasteiger partial charge >= 0.3 is 5.97 Å². The Kier molecular flexibility index (Phi) is 4.11. The molecule has 0 aliphatic carbocycles. The third kappa shape index (κ3) is 3.07. The van der Waals surface area contributed by atoms with Crippen LogP contribution in [-0.4, -0.2) is 11.1 Å². The number of aliphatic carboxylic acids is 1. The summed E-state index contributed by atoms with van der Waals surface area (Å²) in [6, 6.07) is 4.28. The average Bonchev–Trinajstić information content (AvgIpc) is 2.78. The third-order valence-electron chi connectivity index (χ3n) is 3.29. The summed E-state index contributed by atoms with van der Waals surface area (Å²) in [5.41, 5.74) is 2.34. The Morgan fingerprint density at radius 2 is 1.47 bits per heavy atom. The summed E-state index contributed by atoms with van der Waals surface area (Å²) in [4.78, 5) is 16.1. The Morgan fingerprint density at radius 1 is 1.05 bits per heavy atom. The molecule has 2 heterocycles. The predicted molar refractivity (Wildman–Crippen MR) is 81.7 cm³/mol. The van der Waals surface area contributed by atoms with Gasteiger partial charge in [-0.2, -0.15) is 0 Å². The first-order valence-corrected chi connectivity index (χ1v) is 7.87. The molecule has 0 fully saturated rings. The van der Waals surface area contributed by atoms with E-state index in [0.29, 0.717) is 0 Å². The van der Waals surface area contributed by atoms with Crippen LogP contribution < -0.4 is 0 Å². The SMILES string of the molecule is Cc1cc(C(CC(=O)O)c2cc(C)sc2C)c(C)s1. The van der Waals surface area contributed by atoms with Crippen molar-refractivity contribution in [1.29, 1.82) is 0 Å². The van der Waals surface area contributed by atoms with Gasteiger partial charge in [-0.1, -0.05) is 0 Å². The zero-order chi connectivity index (χ0) is 14.2. The van der Waals surface area contributed by atoms with Crippen molar-refractivity contribution >= 4 is 28.6 Å². The number of aryl methyl sites for hydroxylation is 4. The van der Waals surface area contributed by atoms with E-state index in [1.807, 2.05) is 0 Å². The van der Waals surface area contributed by atoms with Crippen molar-refractivity contribution in [2.24, 2.45) is 0 Å². The van der Waals surface area contributed by atoms with Gasteiger partial charge in [0, 0.05) is 25.4 Å². The minimum atomic E-state index is -0.739. The number of thiophene rings is 2. The predicted octanol–water partition coefficient (Wildman–Crippen LogP) is 4.65. The first-order valence-electron chi connectivity index (χ1n) is 6.24. The average molecular weight is 294 g/mol. The fourth-order valence-corrected chi connectivity index (χ4v) is 4.53. The second-order valence-corrected chi connectivity index (χ2v) is 7.81. The number of carboxylic acids is 1. The zero-order valence-corrected chi connectivity index (χ0v) is 13.2. The molecule has 0 aliphatic rings. The molecule has 0 saturated heterocycles. The lowest BCUT2D eigenvalue weighted by molar-refractivity contribution is -0.137. The second-order valence-electron chi connectivity index (χ2n) is 4.89. The molecule has 4 heteroatoms. The molecular formula is C15H18O2S2. The zero-order valence-electron chi connectivity index (χ0n) is 11.6. The van der Waals surface area contributed by atoms with Crippen LogP contribution in [0.4, 0.5) is 0 Å². The molecule has 2 nitrogen and oxygen atoms in total. The van der Waals surface area contributed by atoms with Gasteiger partial charge in [-0.3, -0.25) is 4.79 Å². The summed E-state index contributed by atoms with van der Waals surface area (Å²) < 4.78 is 0. The maximum absolute atomic E-state index is 11.2. The Balaban J connectivity index is 2.50. The third-order valence-corrected chi connectivity index (χ3v) is 5.25. The first-order chi connectivity index (χ1) is 8.88. The van der Waals surface area contributed by atoms with E-state index >= 15 is 0 Å². The second kappa shape index (κ2) is 5.47. The number of rotatable bonds is 4. The van der Waals surface area contributed by atoms with E-state index in [4.69, 9.17) is 0 Å². The van der Waals surface area contributed by atoms with Gasteiger partial charge in [-0.25, -0.2) is 0 Å². The van der Waals surface area contributed by atoms with Gasteiger partial charge in [0.1, 0.15) is 0 Å². The van der Waals surface area contributed by atoms with E-state index in [2.05, 4.69) is 39.8 Å². The van der Waals surface area contributed by atoms with E-state index in [1.165, 1.54) is 30.6 Å². The van der Waals surface area contributed by atoms with Crippen molar-refractivity contribution in [3.05, 3.63) is 42.8 Å². The molecule has 0 saturated carbocycles. The molecule has 0 amide bonds. The number of hydrogen-bond acceptors (Lipinski definition) is 3. The lowest BCUT2D eigenvalue weighted by Gasteiger charge is -2.15. The molecule has 2 aromatic heterocycles. The summed E-state index contributed by atoms with van der Waals surface area (Å²) in [5.74, 6) is -0.760. The summed E-state index contributed by atoms with van der Waals surface area (Å²) >= 11 is 3.48. The van der Waals surface area contributed by atoms with Gasteiger partial charge in [-0.15, -0.1) is 22.7 Å². The maximum Gasteiger partial charge on any atom is 0.304 e. The maximum atomic E-state index is 11.2. The standard InChI is InChI=1S/C15H18O2S2/c1-8-5-12(10(3)18-8)14(7-15(16)17)13-6-9(2)19-11(13)4/h5-6,14H,7H2,1-4H3,(H,16,17). The van der Waals surface area contributed by atoms with E-state index in [9.17, 15) is 9.90 Å². The first kappa shape index (κ1) is 14.3. The van der Waals surface area contributed by atoms with Gasteiger partial charge < -0.3 is 5.11 Å². The van der Waals surface area contributed by atoms with Crippen molar-refractivity contribution < 1.29 is 9.90 Å². The van der Waals surface area contributed by atoms with Gasteiger partial charge in [0.25, 0.3) is 0 Å². The number of carbonyl (C=O) groups is 1. The highest BCUT2D eigenvalue weighted by molar-refractivity contribution is 7.12. The van der Waals surface area contributed by atoms with Crippen molar-refractivity contribution in [2.75, 3.05) is 0 Å². The fraction of sp³-hybridized carbons (Fsp3) is 0.400. The van der Waals surface area contributed by atoms with Crippen LogP contribution in [0.5, 0.6) is 0 Å². The Bertz CT molecular complexity index is 561. The van der Waals surface area contributed by atoms with E-state index < -0.39 is 5.97 Å². The van der Waals surface area contributed by atoms with Crippen LogP contribution in [0.25, 0.3) is 0 Å². The molecule has 1 N–H and O–H groups in total. The summed E-state index contributed by atoms with van der Waals surface area (Å²) in [5, 5.41) is 9.21. The van der Waals surface area contributed by atoms with Gasteiger partial charge in [0.2, 0.25) is 0 Å². The van der Waals surface area contributed by atoms with Gasteiger partial charge in [-0.05, 0) is 51.0 Å². The van der Waals surface area contributed by atoms with Gasteiger partial charge in [0.15, 0.2) is 0 Å². The monoisotopic (exact) mass is 294 g/mol. The van der Waals surface area contributed by atoms with Crippen molar-refractivity contribution in [3.63, 3.8) is 0 Å².